The third kappa shape index (κ3) is 8.42. The second kappa shape index (κ2) is 16.7. The molecule has 0 bridgehead atoms. The lowest BCUT2D eigenvalue weighted by Crippen LogP contribution is -2.57. The molecule has 3 saturated heterocycles. The van der Waals surface area contributed by atoms with Crippen LogP contribution in [0.1, 0.15) is 77.6 Å². The molecule has 15 heteroatoms. The number of hydrogen-bond acceptors (Lipinski definition) is 11. The molecular formula is C42H47ClN8O6. The number of anilines is 3. The number of piperidine rings is 2. The van der Waals surface area contributed by atoms with Crippen LogP contribution in [0, 0.1) is 23.2 Å². The summed E-state index contributed by atoms with van der Waals surface area (Å²) in [7, 11) is 0. The molecule has 2 aromatic carbocycles. The highest BCUT2D eigenvalue weighted by molar-refractivity contribution is 6.31. The number of pyridine rings is 1. The first-order valence-corrected chi connectivity index (χ1v) is 20.4. The van der Waals surface area contributed by atoms with Gasteiger partial charge in [-0.2, -0.15) is 5.26 Å². The molecule has 5 aliphatic rings. The number of hydrogen-bond donors (Lipinski definition) is 3. The number of aliphatic hydroxyl groups excluding tert-OH is 1. The van der Waals surface area contributed by atoms with E-state index in [2.05, 4.69) is 36.4 Å². The molecule has 5 heterocycles. The van der Waals surface area contributed by atoms with Crippen LogP contribution < -0.4 is 25.2 Å². The first kappa shape index (κ1) is 38.6. The predicted octanol–water partition coefficient (Wildman–Crippen LogP) is 4.41. The number of aliphatic hydroxyl groups is 1. The van der Waals surface area contributed by atoms with E-state index < -0.39 is 24.1 Å². The molecule has 4 aliphatic heterocycles. The average molecular weight is 795 g/mol. The second-order valence-electron chi connectivity index (χ2n) is 15.8. The largest absolute Gasteiger partial charge is 0.490 e. The van der Waals surface area contributed by atoms with Crippen molar-refractivity contribution >= 4 is 52.4 Å². The zero-order valence-electron chi connectivity index (χ0n) is 31.7. The summed E-state index contributed by atoms with van der Waals surface area (Å²) in [5.41, 5.74) is 3.06. The van der Waals surface area contributed by atoms with Crippen LogP contribution in [0.3, 0.4) is 0 Å². The fourth-order valence-electron chi connectivity index (χ4n) is 8.88. The molecule has 298 valence electrons. The topological polar surface area (TPSA) is 171 Å². The van der Waals surface area contributed by atoms with Crippen LogP contribution in [0.5, 0.6) is 5.75 Å². The van der Waals surface area contributed by atoms with Crippen molar-refractivity contribution in [2.24, 2.45) is 11.8 Å². The monoisotopic (exact) mass is 794 g/mol. The Kier molecular flexibility index (Phi) is 11.3. The van der Waals surface area contributed by atoms with Crippen LogP contribution in [0.15, 0.2) is 54.7 Å². The summed E-state index contributed by atoms with van der Waals surface area (Å²) in [6, 6.07) is 15.7. The third-order valence-electron chi connectivity index (χ3n) is 12.2. The van der Waals surface area contributed by atoms with E-state index in [4.69, 9.17) is 21.6 Å². The van der Waals surface area contributed by atoms with Crippen LogP contribution in [-0.2, 0) is 9.59 Å². The zero-order chi connectivity index (χ0) is 39.6. The Bertz CT molecular complexity index is 2050. The molecule has 3 aromatic rings. The number of piperazine rings is 1. The van der Waals surface area contributed by atoms with Gasteiger partial charge in [0.2, 0.25) is 11.8 Å². The number of halogens is 1. The van der Waals surface area contributed by atoms with Crippen molar-refractivity contribution in [3.05, 3.63) is 76.4 Å². The van der Waals surface area contributed by atoms with E-state index in [1.54, 1.807) is 30.3 Å². The van der Waals surface area contributed by atoms with Crippen LogP contribution in [0.2, 0.25) is 5.02 Å². The molecule has 4 amide bonds. The summed E-state index contributed by atoms with van der Waals surface area (Å²) < 4.78 is 6.08. The Morgan fingerprint density at radius 2 is 1.60 bits per heavy atom. The number of amides is 4. The van der Waals surface area contributed by atoms with Crippen molar-refractivity contribution in [1.29, 1.82) is 5.26 Å². The number of carbonyl (C=O) groups excluding carboxylic acids is 4. The predicted molar refractivity (Wildman–Crippen MR) is 213 cm³/mol. The van der Waals surface area contributed by atoms with Crippen molar-refractivity contribution < 1.29 is 29.0 Å². The van der Waals surface area contributed by atoms with Gasteiger partial charge in [0.1, 0.15) is 23.9 Å². The van der Waals surface area contributed by atoms with Crippen molar-refractivity contribution in [2.75, 3.05) is 60.9 Å². The number of rotatable bonds is 9. The molecule has 0 radical (unpaired) electrons. The Balaban J connectivity index is 0.751. The maximum atomic E-state index is 13.4. The van der Waals surface area contributed by atoms with Gasteiger partial charge in [-0.1, -0.05) is 11.6 Å². The van der Waals surface area contributed by atoms with Gasteiger partial charge in [0.15, 0.2) is 0 Å². The number of nitrogens with one attached hydrogen (secondary N) is 2. The lowest BCUT2D eigenvalue weighted by atomic mass is 9.86. The molecule has 1 aromatic heterocycles. The smallest absolute Gasteiger partial charge is 0.262 e. The van der Waals surface area contributed by atoms with E-state index in [1.807, 2.05) is 24.4 Å². The standard InChI is InChI=1S/C42H47ClN8O6/c43-35-22-32(8-3-28(35)23-44)57-31-6-1-27(2-7-31)39(53)46-37-11-5-30(24-45-37)49-15-13-26(14-16-49)25-48-17-19-50(20-18-48)29-4-9-33-34(21-29)42(56)51(41(33)55)36-10-12-38(52)47-40(36)54/h3-5,8-9,11,21-22,24,26-27,31,36,40,54H,1-2,6-7,10,12-20,25H2,(H,47,52)(H,45,46,53). The number of ether oxygens (including phenoxy) is 1. The van der Waals surface area contributed by atoms with E-state index in [9.17, 15) is 24.3 Å². The molecule has 2 atom stereocenters. The summed E-state index contributed by atoms with van der Waals surface area (Å²) in [5.74, 6) is 0.521. The molecule has 4 fully saturated rings. The number of nitrogens with zero attached hydrogens (tertiary/aromatic N) is 6. The van der Waals surface area contributed by atoms with Gasteiger partial charge in [-0.25, -0.2) is 4.98 Å². The maximum absolute atomic E-state index is 13.4. The SMILES string of the molecule is N#Cc1ccc(OC2CCC(C(=O)Nc3ccc(N4CCC(CN5CCN(c6ccc7c(c6)C(=O)N(C6CCC(=O)NC6O)C7=O)CC5)CC4)cn3)CC2)cc1Cl. The highest BCUT2D eigenvalue weighted by Crippen LogP contribution is 2.33. The molecule has 57 heavy (non-hydrogen) atoms. The first-order chi connectivity index (χ1) is 27.6. The minimum absolute atomic E-state index is 0.000942. The Labute approximate surface area is 336 Å². The van der Waals surface area contributed by atoms with Gasteiger partial charge in [0, 0.05) is 69.9 Å². The Hall–Kier alpha value is -5.23. The minimum atomic E-state index is -1.27. The van der Waals surface area contributed by atoms with Crippen LogP contribution in [0.25, 0.3) is 0 Å². The normalized spacial score (nSPS) is 24.5. The maximum Gasteiger partial charge on any atom is 0.262 e. The van der Waals surface area contributed by atoms with Crippen molar-refractivity contribution in [2.45, 2.75) is 69.7 Å². The number of nitriles is 1. The van der Waals surface area contributed by atoms with Crippen molar-refractivity contribution in [3.63, 3.8) is 0 Å². The lowest BCUT2D eigenvalue weighted by Gasteiger charge is -2.40. The van der Waals surface area contributed by atoms with Crippen LogP contribution in [-0.4, -0.2) is 108 Å². The fraction of sp³-hybridized carbons (Fsp3) is 0.476. The second-order valence-corrected chi connectivity index (χ2v) is 16.2. The van der Waals surface area contributed by atoms with Gasteiger partial charge in [0.25, 0.3) is 11.8 Å². The zero-order valence-corrected chi connectivity index (χ0v) is 32.5. The number of imide groups is 1. The van der Waals surface area contributed by atoms with Gasteiger partial charge in [-0.15, -0.1) is 0 Å². The van der Waals surface area contributed by atoms with Gasteiger partial charge < -0.3 is 30.3 Å². The highest BCUT2D eigenvalue weighted by atomic mass is 35.5. The van der Waals surface area contributed by atoms with E-state index >= 15 is 0 Å². The summed E-state index contributed by atoms with van der Waals surface area (Å²) in [6.07, 6.45) is 6.09. The van der Waals surface area contributed by atoms with E-state index in [0.29, 0.717) is 39.2 Å². The fourth-order valence-corrected chi connectivity index (χ4v) is 9.10. The van der Waals surface area contributed by atoms with Crippen LogP contribution in [0.4, 0.5) is 17.2 Å². The lowest BCUT2D eigenvalue weighted by molar-refractivity contribution is -0.129. The van der Waals surface area contributed by atoms with Crippen LogP contribution >= 0.6 is 11.6 Å². The Morgan fingerprint density at radius 1 is 0.877 bits per heavy atom. The average Bonchev–Trinajstić information content (AvgIpc) is 3.47. The molecular weight excluding hydrogens is 748 g/mol. The highest BCUT2D eigenvalue weighted by Gasteiger charge is 2.44. The van der Waals surface area contributed by atoms with Gasteiger partial charge in [-0.3, -0.25) is 29.0 Å². The summed E-state index contributed by atoms with van der Waals surface area (Å²) in [4.78, 5) is 64.1. The number of aromatic nitrogens is 1. The summed E-state index contributed by atoms with van der Waals surface area (Å²) in [6.45, 7) is 6.37. The van der Waals surface area contributed by atoms with Gasteiger partial charge in [0.05, 0.1) is 45.7 Å². The minimum Gasteiger partial charge on any atom is -0.490 e. The van der Waals surface area contributed by atoms with Gasteiger partial charge in [-0.05, 0) is 93.3 Å². The molecule has 0 spiro atoms. The number of benzene rings is 2. The van der Waals surface area contributed by atoms with E-state index in [1.165, 1.54) is 0 Å². The number of carbonyl (C=O) groups is 4. The molecule has 3 N–H and O–H groups in total. The van der Waals surface area contributed by atoms with E-state index in [0.717, 1.165) is 101 Å². The summed E-state index contributed by atoms with van der Waals surface area (Å²) >= 11 is 6.15. The molecule has 1 aliphatic carbocycles. The summed E-state index contributed by atoms with van der Waals surface area (Å²) in [5, 5.41) is 25.3. The number of fused-ring (bicyclic) bond motifs is 1. The van der Waals surface area contributed by atoms with Crippen molar-refractivity contribution in [3.8, 4) is 11.8 Å². The van der Waals surface area contributed by atoms with E-state index in [-0.39, 0.29) is 36.7 Å². The molecule has 14 nitrogen and oxygen atoms in total. The van der Waals surface area contributed by atoms with Crippen molar-refractivity contribution in [1.82, 2.24) is 20.1 Å². The quantitative estimate of drug-likeness (QED) is 0.262. The third-order valence-corrected chi connectivity index (χ3v) is 12.5. The van der Waals surface area contributed by atoms with Gasteiger partial charge >= 0.3 is 0 Å². The molecule has 2 unspecified atom stereocenters. The Morgan fingerprint density at radius 3 is 2.28 bits per heavy atom. The molecule has 1 saturated carbocycles. The molecule has 8 rings (SSSR count). The first-order valence-electron chi connectivity index (χ1n) is 20.0.